The van der Waals surface area contributed by atoms with Crippen LogP contribution in [0.2, 0.25) is 0 Å². The van der Waals surface area contributed by atoms with Gasteiger partial charge in [-0.2, -0.15) is 0 Å². The van der Waals surface area contributed by atoms with Gasteiger partial charge in [0.05, 0.1) is 30.0 Å². The number of cyclic esters (lactones) is 1. The highest BCUT2D eigenvalue weighted by Gasteiger charge is 2.93. The summed E-state index contributed by atoms with van der Waals surface area (Å²) in [7, 11) is 0. The van der Waals surface area contributed by atoms with Crippen molar-refractivity contribution in [3.8, 4) is 0 Å². The predicted octanol–water partition coefficient (Wildman–Crippen LogP) is 0.943. The monoisotopic (exact) mass is 362 g/mol. The Morgan fingerprint density at radius 3 is 2.65 bits per heavy atom. The van der Waals surface area contributed by atoms with Crippen LogP contribution in [0.3, 0.4) is 0 Å². The first-order valence-corrected chi connectivity index (χ1v) is 9.89. The fourth-order valence-electron chi connectivity index (χ4n) is 7.38. The van der Waals surface area contributed by atoms with E-state index in [2.05, 4.69) is 20.8 Å². The zero-order valence-corrected chi connectivity index (χ0v) is 15.4. The van der Waals surface area contributed by atoms with Gasteiger partial charge in [0, 0.05) is 5.41 Å². The van der Waals surface area contributed by atoms with Gasteiger partial charge in [-0.05, 0) is 42.6 Å². The number of esters is 1. The van der Waals surface area contributed by atoms with E-state index in [0.717, 1.165) is 18.4 Å². The highest BCUT2D eigenvalue weighted by molar-refractivity contribution is 5.93. The van der Waals surface area contributed by atoms with Crippen LogP contribution in [-0.2, 0) is 19.0 Å². The standard InChI is InChI=1S/C20H26O6/c1-8(2)9-4-14-20(26-14)18(3)6-12(21)15-10(7-24-17(15)23)11(18)5-13-19(20,25-13)16(9)22/h8-9,11-14,16,21-22H,4-7H2,1-3H3/t9?,11?,12-,13-,14-,16+,18-,19+,20+/m0/s1. The van der Waals surface area contributed by atoms with E-state index in [-0.39, 0.29) is 42.0 Å². The molecule has 6 nitrogen and oxygen atoms in total. The predicted molar refractivity (Wildman–Crippen MR) is 89.0 cm³/mol. The number of rotatable bonds is 1. The van der Waals surface area contributed by atoms with Crippen LogP contribution in [0.4, 0.5) is 0 Å². The highest BCUT2D eigenvalue weighted by atomic mass is 16.7. The number of hydrogen-bond acceptors (Lipinski definition) is 6. The molecule has 2 saturated heterocycles. The third-order valence-electron chi connectivity index (χ3n) is 8.61. The Morgan fingerprint density at radius 1 is 1.15 bits per heavy atom. The molecule has 0 radical (unpaired) electrons. The topological polar surface area (TPSA) is 91.8 Å². The van der Waals surface area contributed by atoms with Crippen molar-refractivity contribution >= 4 is 5.97 Å². The van der Waals surface area contributed by atoms with Crippen molar-refractivity contribution in [1.29, 1.82) is 0 Å². The summed E-state index contributed by atoms with van der Waals surface area (Å²) in [6.45, 7) is 6.72. The molecule has 2 unspecified atom stereocenters. The lowest BCUT2D eigenvalue weighted by molar-refractivity contribution is -0.137. The molecule has 0 aromatic heterocycles. The SMILES string of the molecule is CC(C)C1C[C@@H]2O[C@]23[C@]2(O[C@H]2CC2C4=C(C(=O)OC4)[C@@H](O)C[C@@]23C)[C@@H]1O. The van der Waals surface area contributed by atoms with Gasteiger partial charge in [0.1, 0.15) is 12.2 Å². The second-order valence-electron chi connectivity index (χ2n) is 9.77. The molecule has 0 aromatic carbocycles. The van der Waals surface area contributed by atoms with Crippen LogP contribution in [0.5, 0.6) is 0 Å². The minimum absolute atomic E-state index is 0.0400. The summed E-state index contributed by atoms with van der Waals surface area (Å²) in [6, 6.07) is 0. The average molecular weight is 362 g/mol. The van der Waals surface area contributed by atoms with Crippen LogP contribution in [0.1, 0.15) is 40.0 Å². The van der Waals surface area contributed by atoms with Gasteiger partial charge in [0.2, 0.25) is 0 Å². The van der Waals surface area contributed by atoms with Crippen LogP contribution < -0.4 is 0 Å². The van der Waals surface area contributed by atoms with Crippen molar-refractivity contribution in [3.63, 3.8) is 0 Å². The van der Waals surface area contributed by atoms with Crippen LogP contribution in [0, 0.1) is 23.2 Å². The molecule has 2 saturated carbocycles. The normalized spacial score (nSPS) is 59.1. The summed E-state index contributed by atoms with van der Waals surface area (Å²) in [4.78, 5) is 12.1. The van der Waals surface area contributed by atoms with Gasteiger partial charge in [0.15, 0.2) is 5.60 Å². The van der Waals surface area contributed by atoms with Crippen molar-refractivity contribution < 1.29 is 29.2 Å². The van der Waals surface area contributed by atoms with Gasteiger partial charge in [-0.3, -0.25) is 0 Å². The van der Waals surface area contributed by atoms with Gasteiger partial charge < -0.3 is 24.4 Å². The van der Waals surface area contributed by atoms with Gasteiger partial charge in [0.25, 0.3) is 0 Å². The van der Waals surface area contributed by atoms with Crippen molar-refractivity contribution in [2.45, 2.75) is 75.7 Å². The second kappa shape index (κ2) is 4.37. The molecule has 0 aromatic rings. The van der Waals surface area contributed by atoms with Crippen molar-refractivity contribution in [1.82, 2.24) is 0 Å². The Bertz CT molecular complexity index is 759. The summed E-state index contributed by atoms with van der Waals surface area (Å²) in [5, 5.41) is 22.0. The van der Waals surface area contributed by atoms with E-state index in [1.54, 1.807) is 0 Å². The third kappa shape index (κ3) is 1.41. The first-order chi connectivity index (χ1) is 12.3. The van der Waals surface area contributed by atoms with E-state index in [4.69, 9.17) is 14.2 Å². The number of aliphatic hydroxyl groups is 2. The molecule has 142 valence electrons. The summed E-state index contributed by atoms with van der Waals surface area (Å²) in [5.41, 5.74) is -0.157. The Balaban J connectivity index is 1.48. The summed E-state index contributed by atoms with van der Waals surface area (Å²) < 4.78 is 17.9. The number of carbonyl (C=O) groups excluding carboxylic acids is 1. The molecular weight excluding hydrogens is 336 g/mol. The Labute approximate surface area is 152 Å². The molecule has 3 heterocycles. The third-order valence-corrected chi connectivity index (χ3v) is 8.61. The molecule has 4 fully saturated rings. The maximum Gasteiger partial charge on any atom is 0.337 e. The van der Waals surface area contributed by atoms with Crippen molar-refractivity contribution in [2.24, 2.45) is 23.2 Å². The average Bonchev–Trinajstić information content (AvgIpc) is 3.44. The van der Waals surface area contributed by atoms with E-state index in [0.29, 0.717) is 17.9 Å². The number of hydrogen-bond donors (Lipinski definition) is 2. The van der Waals surface area contributed by atoms with Crippen molar-refractivity contribution in [3.05, 3.63) is 11.1 Å². The summed E-state index contributed by atoms with van der Waals surface area (Å²) in [6.07, 6.45) is 0.699. The number of ether oxygens (including phenoxy) is 3. The molecule has 0 amide bonds. The molecular formula is C20H26O6. The quantitative estimate of drug-likeness (QED) is 0.533. The van der Waals surface area contributed by atoms with Crippen LogP contribution in [-0.4, -0.2) is 58.4 Å². The minimum Gasteiger partial charge on any atom is -0.458 e. The van der Waals surface area contributed by atoms with Crippen molar-refractivity contribution in [2.75, 3.05) is 6.61 Å². The Morgan fingerprint density at radius 2 is 1.92 bits per heavy atom. The van der Waals surface area contributed by atoms with E-state index in [1.807, 2.05) is 0 Å². The zero-order valence-electron chi connectivity index (χ0n) is 15.4. The summed E-state index contributed by atoms with van der Waals surface area (Å²) in [5.74, 6) is 0.253. The smallest absolute Gasteiger partial charge is 0.337 e. The van der Waals surface area contributed by atoms with E-state index >= 15 is 0 Å². The number of aliphatic hydroxyl groups excluding tert-OH is 2. The molecule has 3 aliphatic carbocycles. The lowest BCUT2D eigenvalue weighted by atomic mass is 9.46. The van der Waals surface area contributed by atoms with Gasteiger partial charge in [-0.25, -0.2) is 4.79 Å². The Hall–Kier alpha value is -0.950. The number of epoxide rings is 2. The van der Waals surface area contributed by atoms with E-state index in [1.165, 1.54) is 0 Å². The summed E-state index contributed by atoms with van der Waals surface area (Å²) >= 11 is 0. The van der Waals surface area contributed by atoms with E-state index < -0.39 is 23.4 Å². The number of fused-ring (bicyclic) bond motifs is 2. The molecule has 2 N–H and O–H groups in total. The van der Waals surface area contributed by atoms with Gasteiger partial charge >= 0.3 is 5.97 Å². The fraction of sp³-hybridized carbons (Fsp3) is 0.850. The molecule has 9 atom stereocenters. The molecule has 6 heteroatoms. The molecule has 3 aliphatic heterocycles. The molecule has 6 aliphatic rings. The molecule has 2 spiro atoms. The molecule has 6 rings (SSSR count). The first-order valence-electron chi connectivity index (χ1n) is 9.89. The lowest BCUT2D eigenvalue weighted by Crippen LogP contribution is -2.67. The lowest BCUT2D eigenvalue weighted by Gasteiger charge is -2.54. The largest absolute Gasteiger partial charge is 0.458 e. The van der Waals surface area contributed by atoms with Crippen LogP contribution in [0.15, 0.2) is 11.1 Å². The van der Waals surface area contributed by atoms with E-state index in [9.17, 15) is 15.0 Å². The zero-order chi connectivity index (χ0) is 18.2. The molecule has 0 bridgehead atoms. The minimum atomic E-state index is -0.826. The Kier molecular flexibility index (Phi) is 2.70. The maximum absolute atomic E-state index is 12.1. The van der Waals surface area contributed by atoms with Crippen LogP contribution >= 0.6 is 0 Å². The van der Waals surface area contributed by atoms with Gasteiger partial charge in [-0.1, -0.05) is 20.8 Å². The number of carbonyl (C=O) groups is 1. The van der Waals surface area contributed by atoms with Gasteiger partial charge in [-0.15, -0.1) is 0 Å². The maximum atomic E-state index is 12.1. The first kappa shape index (κ1) is 16.0. The van der Waals surface area contributed by atoms with Crippen LogP contribution in [0.25, 0.3) is 0 Å². The highest BCUT2D eigenvalue weighted by Crippen LogP contribution is 2.79. The fourth-order valence-corrected chi connectivity index (χ4v) is 7.38. The second-order valence-corrected chi connectivity index (χ2v) is 9.77. The molecule has 26 heavy (non-hydrogen) atoms.